The summed E-state index contributed by atoms with van der Waals surface area (Å²) < 4.78 is 10.5. The van der Waals surface area contributed by atoms with Crippen molar-refractivity contribution in [3.05, 3.63) is 0 Å². The lowest BCUT2D eigenvalue weighted by atomic mass is 9.96. The molecule has 5 nitrogen and oxygen atoms in total. The fourth-order valence-corrected chi connectivity index (χ4v) is 1.66. The summed E-state index contributed by atoms with van der Waals surface area (Å²) >= 11 is 0. The molecule has 0 aromatic rings. The summed E-state index contributed by atoms with van der Waals surface area (Å²) in [6.45, 7) is 8.04. The van der Waals surface area contributed by atoms with Gasteiger partial charge in [0.1, 0.15) is 5.60 Å². The molecular weight excluding hydrogens is 208 g/mol. The summed E-state index contributed by atoms with van der Waals surface area (Å²) in [4.78, 5) is 11.4. The van der Waals surface area contributed by atoms with Crippen LogP contribution in [0.5, 0.6) is 0 Å². The van der Waals surface area contributed by atoms with Gasteiger partial charge < -0.3 is 20.5 Å². The van der Waals surface area contributed by atoms with Crippen LogP contribution in [-0.2, 0) is 9.47 Å². The van der Waals surface area contributed by atoms with E-state index in [1.54, 1.807) is 0 Å². The van der Waals surface area contributed by atoms with Crippen LogP contribution in [0.4, 0.5) is 4.79 Å². The van der Waals surface area contributed by atoms with Crippen LogP contribution >= 0.6 is 0 Å². The number of rotatable bonds is 3. The third-order valence-electron chi connectivity index (χ3n) is 2.54. The van der Waals surface area contributed by atoms with Gasteiger partial charge in [-0.05, 0) is 27.3 Å². The standard InChI is InChI=1S/C11H22N2O3/c1-11(2,3)16-10(14)13-5-9-7-15-6-8(9)4-12/h8-9H,4-7,12H2,1-3H3,(H,13,14)/t8-,9-/m1/s1. The number of hydrogen-bond donors (Lipinski definition) is 2. The van der Waals surface area contributed by atoms with Gasteiger partial charge in [0.05, 0.1) is 13.2 Å². The van der Waals surface area contributed by atoms with E-state index in [1.807, 2.05) is 20.8 Å². The van der Waals surface area contributed by atoms with E-state index in [-0.39, 0.29) is 6.09 Å². The SMILES string of the molecule is CC(C)(C)OC(=O)NC[C@@H]1COC[C@H]1CN. The molecule has 2 atom stereocenters. The molecule has 94 valence electrons. The Labute approximate surface area is 96.7 Å². The first-order valence-electron chi connectivity index (χ1n) is 5.67. The van der Waals surface area contributed by atoms with Crippen LogP contribution in [0.3, 0.4) is 0 Å². The van der Waals surface area contributed by atoms with Crippen LogP contribution in [0.25, 0.3) is 0 Å². The van der Waals surface area contributed by atoms with Crippen molar-refractivity contribution in [2.75, 3.05) is 26.3 Å². The van der Waals surface area contributed by atoms with E-state index in [1.165, 1.54) is 0 Å². The Morgan fingerprint density at radius 3 is 2.62 bits per heavy atom. The zero-order valence-electron chi connectivity index (χ0n) is 10.3. The second kappa shape index (κ2) is 5.50. The Balaban J connectivity index is 2.26. The molecule has 0 spiro atoms. The normalized spacial score (nSPS) is 25.5. The van der Waals surface area contributed by atoms with E-state index in [0.29, 0.717) is 38.1 Å². The van der Waals surface area contributed by atoms with Gasteiger partial charge in [-0.2, -0.15) is 0 Å². The fraction of sp³-hybridized carbons (Fsp3) is 0.909. The maximum Gasteiger partial charge on any atom is 0.407 e. The largest absolute Gasteiger partial charge is 0.444 e. The van der Waals surface area contributed by atoms with Crippen LogP contribution in [0.15, 0.2) is 0 Å². The zero-order valence-corrected chi connectivity index (χ0v) is 10.3. The highest BCUT2D eigenvalue weighted by Crippen LogP contribution is 2.18. The summed E-state index contributed by atoms with van der Waals surface area (Å²) in [5, 5.41) is 2.75. The highest BCUT2D eigenvalue weighted by atomic mass is 16.6. The average Bonchev–Trinajstić information content (AvgIpc) is 2.59. The van der Waals surface area contributed by atoms with Gasteiger partial charge in [0.25, 0.3) is 0 Å². The molecule has 1 aliphatic rings. The second-order valence-electron chi connectivity index (χ2n) is 5.18. The van der Waals surface area contributed by atoms with Gasteiger partial charge in [-0.15, -0.1) is 0 Å². The van der Waals surface area contributed by atoms with Crippen molar-refractivity contribution >= 4 is 6.09 Å². The van der Waals surface area contributed by atoms with Crippen molar-refractivity contribution in [1.29, 1.82) is 0 Å². The van der Waals surface area contributed by atoms with E-state index < -0.39 is 5.60 Å². The quantitative estimate of drug-likeness (QED) is 0.749. The predicted octanol–water partition coefficient (Wildman–Crippen LogP) is 0.732. The number of ether oxygens (including phenoxy) is 2. The smallest absolute Gasteiger partial charge is 0.407 e. The number of nitrogens with two attached hydrogens (primary N) is 1. The number of hydrogen-bond acceptors (Lipinski definition) is 4. The lowest BCUT2D eigenvalue weighted by Gasteiger charge is -2.21. The van der Waals surface area contributed by atoms with Gasteiger partial charge in [-0.1, -0.05) is 0 Å². The topological polar surface area (TPSA) is 73.6 Å². The molecule has 0 aliphatic carbocycles. The molecule has 1 saturated heterocycles. The molecule has 16 heavy (non-hydrogen) atoms. The molecular formula is C11H22N2O3. The molecule has 0 unspecified atom stereocenters. The fourth-order valence-electron chi connectivity index (χ4n) is 1.66. The molecule has 1 fully saturated rings. The summed E-state index contributed by atoms with van der Waals surface area (Å²) in [6, 6.07) is 0. The lowest BCUT2D eigenvalue weighted by Crippen LogP contribution is -2.38. The number of carbonyl (C=O) groups is 1. The van der Waals surface area contributed by atoms with Crippen molar-refractivity contribution < 1.29 is 14.3 Å². The van der Waals surface area contributed by atoms with Crippen LogP contribution in [0.1, 0.15) is 20.8 Å². The molecule has 0 bridgehead atoms. The molecule has 0 saturated carbocycles. The Kier molecular flexibility index (Phi) is 4.56. The first-order valence-corrected chi connectivity index (χ1v) is 5.67. The number of carbonyl (C=O) groups excluding carboxylic acids is 1. The molecule has 0 aromatic heterocycles. The minimum Gasteiger partial charge on any atom is -0.444 e. The van der Waals surface area contributed by atoms with Gasteiger partial charge >= 0.3 is 6.09 Å². The van der Waals surface area contributed by atoms with Crippen LogP contribution in [0.2, 0.25) is 0 Å². The number of amides is 1. The van der Waals surface area contributed by atoms with E-state index in [2.05, 4.69) is 5.32 Å². The Morgan fingerprint density at radius 1 is 1.44 bits per heavy atom. The van der Waals surface area contributed by atoms with E-state index in [4.69, 9.17) is 15.2 Å². The van der Waals surface area contributed by atoms with Crippen molar-refractivity contribution in [1.82, 2.24) is 5.32 Å². The van der Waals surface area contributed by atoms with Gasteiger partial charge in [-0.25, -0.2) is 4.79 Å². The van der Waals surface area contributed by atoms with Gasteiger partial charge in [0, 0.05) is 18.4 Å². The number of nitrogens with one attached hydrogen (secondary N) is 1. The average molecular weight is 230 g/mol. The van der Waals surface area contributed by atoms with Crippen LogP contribution in [0, 0.1) is 11.8 Å². The Morgan fingerprint density at radius 2 is 2.06 bits per heavy atom. The monoisotopic (exact) mass is 230 g/mol. The Hall–Kier alpha value is -0.810. The third kappa shape index (κ3) is 4.37. The highest BCUT2D eigenvalue weighted by Gasteiger charge is 2.27. The van der Waals surface area contributed by atoms with Gasteiger partial charge in [0.15, 0.2) is 0 Å². The third-order valence-corrected chi connectivity index (χ3v) is 2.54. The van der Waals surface area contributed by atoms with Gasteiger partial charge in [0.2, 0.25) is 0 Å². The van der Waals surface area contributed by atoms with Crippen molar-refractivity contribution in [2.45, 2.75) is 26.4 Å². The number of alkyl carbamates (subject to hydrolysis) is 1. The maximum atomic E-state index is 11.4. The van der Waals surface area contributed by atoms with Crippen molar-refractivity contribution in [2.24, 2.45) is 17.6 Å². The maximum absolute atomic E-state index is 11.4. The van der Waals surface area contributed by atoms with Crippen molar-refractivity contribution in [3.63, 3.8) is 0 Å². The van der Waals surface area contributed by atoms with E-state index >= 15 is 0 Å². The van der Waals surface area contributed by atoms with Gasteiger partial charge in [-0.3, -0.25) is 0 Å². The molecule has 3 N–H and O–H groups in total. The summed E-state index contributed by atoms with van der Waals surface area (Å²) in [5.41, 5.74) is 5.15. The summed E-state index contributed by atoms with van der Waals surface area (Å²) in [6.07, 6.45) is -0.379. The molecule has 5 heteroatoms. The first kappa shape index (κ1) is 13.3. The molecule has 1 heterocycles. The van der Waals surface area contributed by atoms with Crippen LogP contribution < -0.4 is 11.1 Å². The zero-order chi connectivity index (χ0) is 12.2. The summed E-state index contributed by atoms with van der Waals surface area (Å²) in [7, 11) is 0. The van der Waals surface area contributed by atoms with Crippen LogP contribution in [-0.4, -0.2) is 38.0 Å². The predicted molar refractivity (Wildman–Crippen MR) is 61.1 cm³/mol. The first-order chi connectivity index (χ1) is 7.42. The molecule has 1 aliphatic heterocycles. The molecule has 0 radical (unpaired) electrons. The second-order valence-corrected chi connectivity index (χ2v) is 5.18. The lowest BCUT2D eigenvalue weighted by molar-refractivity contribution is 0.0515. The highest BCUT2D eigenvalue weighted by molar-refractivity contribution is 5.67. The van der Waals surface area contributed by atoms with E-state index in [0.717, 1.165) is 0 Å². The molecule has 1 amide bonds. The molecule has 0 aromatic carbocycles. The minimum absolute atomic E-state index is 0.303. The minimum atomic E-state index is -0.455. The molecule has 1 rings (SSSR count). The Bertz CT molecular complexity index is 238. The van der Waals surface area contributed by atoms with Crippen molar-refractivity contribution in [3.8, 4) is 0 Å². The summed E-state index contributed by atoms with van der Waals surface area (Å²) in [5.74, 6) is 0.646. The van der Waals surface area contributed by atoms with E-state index in [9.17, 15) is 4.79 Å².